The number of anilines is 1. The minimum Gasteiger partial charge on any atom is -0.504 e. The summed E-state index contributed by atoms with van der Waals surface area (Å²) < 4.78 is 0. The summed E-state index contributed by atoms with van der Waals surface area (Å²) in [7, 11) is 0. The van der Waals surface area contributed by atoms with Crippen molar-refractivity contribution in [2.24, 2.45) is 0 Å². The van der Waals surface area contributed by atoms with Gasteiger partial charge in [-0.05, 0) is 33.2 Å². The molecule has 1 heterocycles. The van der Waals surface area contributed by atoms with Crippen molar-refractivity contribution in [2.45, 2.75) is 26.3 Å². The van der Waals surface area contributed by atoms with Crippen LogP contribution < -0.4 is 4.90 Å². The van der Waals surface area contributed by atoms with Crippen LogP contribution in [0.25, 0.3) is 0 Å². The van der Waals surface area contributed by atoms with Gasteiger partial charge in [-0.2, -0.15) is 37.0 Å². The molecule has 3 heteroatoms. The van der Waals surface area contributed by atoms with E-state index in [4.69, 9.17) is 0 Å². The van der Waals surface area contributed by atoms with Crippen LogP contribution in [0.15, 0.2) is 36.7 Å². The zero-order valence-electron chi connectivity index (χ0n) is 9.75. The second-order valence-corrected chi connectivity index (χ2v) is 4.65. The van der Waals surface area contributed by atoms with Crippen molar-refractivity contribution in [3.05, 3.63) is 49.4 Å². The third-order valence-electron chi connectivity index (χ3n) is 2.38. The first kappa shape index (κ1) is 13.3. The molecule has 0 saturated heterocycles. The molecule has 0 radical (unpaired) electrons. The number of rotatable bonds is 1. The number of benzene rings is 1. The van der Waals surface area contributed by atoms with Crippen molar-refractivity contribution in [3.63, 3.8) is 0 Å². The molecule has 0 fully saturated rings. The second kappa shape index (κ2) is 5.05. The molecule has 1 aromatic carbocycles. The van der Waals surface area contributed by atoms with Gasteiger partial charge in [0.15, 0.2) is 0 Å². The Balaban J connectivity index is 0.00000128. The van der Waals surface area contributed by atoms with Crippen LogP contribution in [0.3, 0.4) is 0 Å². The van der Waals surface area contributed by atoms with E-state index in [1.54, 1.807) is 0 Å². The van der Waals surface area contributed by atoms with Crippen molar-refractivity contribution in [1.82, 2.24) is 4.90 Å². The molecule has 0 aromatic heterocycles. The van der Waals surface area contributed by atoms with Crippen molar-refractivity contribution >= 4 is 5.69 Å². The molecule has 0 saturated carbocycles. The Morgan fingerprint density at radius 1 is 1.19 bits per heavy atom. The van der Waals surface area contributed by atoms with Gasteiger partial charge in [0.2, 0.25) is 0 Å². The fourth-order valence-corrected chi connectivity index (χ4v) is 1.44. The average Bonchev–Trinajstić information content (AvgIpc) is 2.67. The van der Waals surface area contributed by atoms with Crippen molar-refractivity contribution in [3.8, 4) is 0 Å². The summed E-state index contributed by atoms with van der Waals surface area (Å²) in [6, 6.07) is 11.2. The molecule has 0 atom stereocenters. The third-order valence-corrected chi connectivity index (χ3v) is 2.38. The van der Waals surface area contributed by atoms with Gasteiger partial charge in [0.1, 0.15) is 0 Å². The van der Waals surface area contributed by atoms with Gasteiger partial charge in [-0.1, -0.05) is 0 Å². The smallest absolute Gasteiger partial charge is 0.504 e. The van der Waals surface area contributed by atoms with Crippen LogP contribution >= 0.6 is 0 Å². The van der Waals surface area contributed by atoms with Crippen LogP contribution in [0.5, 0.6) is 0 Å². The van der Waals surface area contributed by atoms with Gasteiger partial charge in [0.05, 0.1) is 0 Å². The molecular formula is C13H16N2Pt. The largest absolute Gasteiger partial charge is 2.00 e. The van der Waals surface area contributed by atoms with E-state index in [9.17, 15) is 0 Å². The summed E-state index contributed by atoms with van der Waals surface area (Å²) in [6.07, 6.45) is 4.14. The predicted octanol–water partition coefficient (Wildman–Crippen LogP) is 3.00. The van der Waals surface area contributed by atoms with Gasteiger partial charge in [-0.25, -0.2) is 0 Å². The second-order valence-electron chi connectivity index (χ2n) is 4.65. The summed E-state index contributed by atoms with van der Waals surface area (Å²) in [4.78, 5) is 4.26. The van der Waals surface area contributed by atoms with Gasteiger partial charge in [-0.15, -0.1) is 5.69 Å². The molecule has 0 aliphatic carbocycles. The van der Waals surface area contributed by atoms with Crippen LogP contribution in [0.2, 0.25) is 0 Å². The summed E-state index contributed by atoms with van der Waals surface area (Å²) in [5, 5.41) is 0. The summed E-state index contributed by atoms with van der Waals surface area (Å²) in [6.45, 7) is 8.65. The zero-order chi connectivity index (χ0) is 10.9. The summed E-state index contributed by atoms with van der Waals surface area (Å²) in [5.41, 5.74) is 1.19. The molecular weight excluding hydrogens is 379 g/mol. The third kappa shape index (κ3) is 2.88. The maximum atomic E-state index is 3.20. The molecule has 0 N–H and O–H groups in total. The molecule has 1 aromatic rings. The molecule has 1 aliphatic rings. The first-order valence-corrected chi connectivity index (χ1v) is 5.14. The summed E-state index contributed by atoms with van der Waals surface area (Å²) in [5.74, 6) is 0. The van der Waals surface area contributed by atoms with Crippen molar-refractivity contribution < 1.29 is 21.1 Å². The van der Waals surface area contributed by atoms with Gasteiger partial charge in [0.25, 0.3) is 0 Å². The molecule has 2 rings (SSSR count). The van der Waals surface area contributed by atoms with E-state index >= 15 is 0 Å². The van der Waals surface area contributed by atoms with Crippen molar-refractivity contribution in [1.29, 1.82) is 0 Å². The normalized spacial score (nSPS) is 15.2. The van der Waals surface area contributed by atoms with Crippen LogP contribution in [0.4, 0.5) is 5.69 Å². The molecule has 0 amide bonds. The first-order valence-electron chi connectivity index (χ1n) is 5.14. The topological polar surface area (TPSA) is 6.48 Å². The van der Waals surface area contributed by atoms with Crippen LogP contribution in [-0.4, -0.2) is 10.4 Å². The van der Waals surface area contributed by atoms with E-state index in [0.29, 0.717) is 0 Å². The van der Waals surface area contributed by atoms with E-state index in [2.05, 4.69) is 55.7 Å². The molecule has 0 spiro atoms. The Morgan fingerprint density at radius 2 is 1.94 bits per heavy atom. The summed E-state index contributed by atoms with van der Waals surface area (Å²) >= 11 is 0. The Morgan fingerprint density at radius 3 is 2.44 bits per heavy atom. The fourth-order valence-electron chi connectivity index (χ4n) is 1.44. The van der Waals surface area contributed by atoms with E-state index in [1.807, 2.05) is 24.3 Å². The molecule has 0 unspecified atom stereocenters. The molecule has 2 nitrogen and oxygen atoms in total. The molecule has 0 bridgehead atoms. The molecule has 1 aliphatic heterocycles. The predicted molar refractivity (Wildman–Crippen MR) is 62.8 cm³/mol. The van der Waals surface area contributed by atoms with E-state index in [0.717, 1.165) is 5.69 Å². The number of nitrogens with zero attached hydrogens (tertiary/aromatic N) is 2. The molecule has 16 heavy (non-hydrogen) atoms. The number of hydrogen-bond donors (Lipinski definition) is 0. The van der Waals surface area contributed by atoms with E-state index in [1.165, 1.54) is 0 Å². The minimum atomic E-state index is 0. The standard InChI is InChI=1S/C13H16N2.Pt/c1-13(2,3)15-10-9-14(11-15)12-7-5-4-6-8-12;/h4-7,9-11H,1-3H3;/q-2;+2. The average molecular weight is 395 g/mol. The van der Waals surface area contributed by atoms with Crippen LogP contribution in [0.1, 0.15) is 20.8 Å². The SMILES string of the molecule is CC(C)(C)N1C=CN(c2[c-]cccc2)[CH-]1.[Pt+2]. The van der Waals surface area contributed by atoms with Gasteiger partial charge in [-0.3, -0.25) is 0 Å². The van der Waals surface area contributed by atoms with Crippen LogP contribution in [-0.2, 0) is 21.1 Å². The molecule has 88 valence electrons. The Hall–Kier alpha value is -0.752. The Kier molecular flexibility index (Phi) is 4.20. The van der Waals surface area contributed by atoms with Gasteiger partial charge in [0, 0.05) is 5.54 Å². The van der Waals surface area contributed by atoms with Gasteiger partial charge >= 0.3 is 21.1 Å². The van der Waals surface area contributed by atoms with E-state index in [-0.39, 0.29) is 26.6 Å². The Bertz CT molecular complexity index is 354. The van der Waals surface area contributed by atoms with E-state index < -0.39 is 0 Å². The minimum absolute atomic E-state index is 0. The zero-order valence-corrected chi connectivity index (χ0v) is 12.0. The first-order chi connectivity index (χ1) is 7.07. The van der Waals surface area contributed by atoms with Crippen molar-refractivity contribution in [2.75, 3.05) is 4.90 Å². The monoisotopic (exact) mass is 395 g/mol. The maximum Gasteiger partial charge on any atom is 2.00 e. The quantitative estimate of drug-likeness (QED) is 0.675. The number of hydrogen-bond acceptors (Lipinski definition) is 2. The number of para-hydroxylation sites is 1. The van der Waals surface area contributed by atoms with Gasteiger partial charge < -0.3 is 9.80 Å². The fraction of sp³-hybridized carbons (Fsp3) is 0.308. The van der Waals surface area contributed by atoms with Crippen LogP contribution in [0, 0.1) is 12.7 Å². The Labute approximate surface area is 112 Å². The maximum absolute atomic E-state index is 3.20.